The van der Waals surface area contributed by atoms with Gasteiger partial charge >= 0.3 is 0 Å². The van der Waals surface area contributed by atoms with Gasteiger partial charge in [-0.15, -0.1) is 0 Å². The van der Waals surface area contributed by atoms with Crippen LogP contribution >= 0.6 is 0 Å². The van der Waals surface area contributed by atoms with E-state index in [0.29, 0.717) is 19.4 Å². The largest absolute Gasteiger partial charge is 0.354 e. The summed E-state index contributed by atoms with van der Waals surface area (Å²) in [4.78, 5) is 23.7. The van der Waals surface area contributed by atoms with Gasteiger partial charge in [0.05, 0.1) is 0 Å². The number of unbranched alkanes of at least 4 members (excludes halogenated alkanes) is 2. The molecule has 4 nitrogen and oxygen atoms in total. The second-order valence-corrected chi connectivity index (χ2v) is 4.56. The van der Waals surface area contributed by atoms with Crippen molar-refractivity contribution >= 4 is 11.7 Å². The van der Waals surface area contributed by atoms with Gasteiger partial charge in [0.25, 0.3) is 0 Å². The van der Waals surface area contributed by atoms with Gasteiger partial charge in [-0.2, -0.15) is 0 Å². The minimum absolute atomic E-state index is 0.0969. The number of carbonyl (C=O) groups excluding carboxylic acids is 2. The molecule has 4 heteroatoms. The molecule has 1 aliphatic heterocycles. The molecular weight excluding hydrogens is 204 g/mol. The van der Waals surface area contributed by atoms with E-state index in [0.717, 1.165) is 32.1 Å². The van der Waals surface area contributed by atoms with E-state index in [2.05, 4.69) is 12.2 Å². The van der Waals surface area contributed by atoms with Gasteiger partial charge in [0.1, 0.15) is 0 Å². The van der Waals surface area contributed by atoms with Gasteiger partial charge in [0.2, 0.25) is 5.91 Å². The first-order valence-electron chi connectivity index (χ1n) is 6.21. The third kappa shape index (κ3) is 3.04. The number of nitrogens with two attached hydrogens (primary N) is 1. The van der Waals surface area contributed by atoms with Crippen molar-refractivity contribution in [1.29, 1.82) is 0 Å². The second-order valence-electron chi connectivity index (χ2n) is 4.56. The molecular formula is C12H22N2O2. The van der Waals surface area contributed by atoms with Crippen LogP contribution in [0, 0.1) is 0 Å². The Balaban J connectivity index is 2.58. The van der Waals surface area contributed by atoms with E-state index in [1.807, 2.05) is 0 Å². The molecule has 92 valence electrons. The first-order chi connectivity index (χ1) is 7.61. The summed E-state index contributed by atoms with van der Waals surface area (Å²) in [5.41, 5.74) is 4.71. The topological polar surface area (TPSA) is 72.2 Å². The Kier molecular flexibility index (Phi) is 4.93. The lowest BCUT2D eigenvalue weighted by Gasteiger charge is -2.24. The van der Waals surface area contributed by atoms with Gasteiger partial charge in [0, 0.05) is 13.0 Å². The first kappa shape index (κ1) is 13.2. The average Bonchev–Trinajstić information content (AvgIpc) is 2.43. The van der Waals surface area contributed by atoms with Crippen LogP contribution in [-0.2, 0) is 9.59 Å². The fourth-order valence-corrected chi connectivity index (χ4v) is 2.03. The number of carbonyl (C=O) groups is 2. The maximum Gasteiger partial charge on any atom is 0.247 e. The molecule has 1 heterocycles. The molecule has 0 aliphatic carbocycles. The summed E-state index contributed by atoms with van der Waals surface area (Å²) in [7, 11) is 0. The van der Waals surface area contributed by atoms with Crippen LogP contribution in [0.1, 0.15) is 51.9 Å². The molecule has 16 heavy (non-hydrogen) atoms. The number of nitrogens with one attached hydrogen (secondary N) is 1. The maximum atomic E-state index is 12.0. The third-order valence-electron chi connectivity index (χ3n) is 3.19. The average molecular weight is 226 g/mol. The Labute approximate surface area is 97.0 Å². The van der Waals surface area contributed by atoms with E-state index in [-0.39, 0.29) is 11.7 Å². The monoisotopic (exact) mass is 226 g/mol. The van der Waals surface area contributed by atoms with Crippen molar-refractivity contribution in [2.24, 2.45) is 5.73 Å². The Hall–Kier alpha value is -0.900. The number of hydrogen-bond acceptors (Lipinski definition) is 3. The van der Waals surface area contributed by atoms with E-state index >= 15 is 0 Å². The molecule has 1 rings (SSSR count). The number of ketones is 1. The number of amides is 1. The summed E-state index contributed by atoms with van der Waals surface area (Å²) in [6.07, 6.45) is 5.59. The number of rotatable bonds is 5. The van der Waals surface area contributed by atoms with Crippen LogP contribution in [0.3, 0.4) is 0 Å². The Morgan fingerprint density at radius 2 is 2.19 bits per heavy atom. The normalized spacial score (nSPS) is 26.0. The maximum absolute atomic E-state index is 12.0. The van der Waals surface area contributed by atoms with E-state index in [1.54, 1.807) is 0 Å². The fourth-order valence-electron chi connectivity index (χ4n) is 2.03. The van der Waals surface area contributed by atoms with Gasteiger partial charge in [-0.1, -0.05) is 19.8 Å². The molecule has 3 N–H and O–H groups in total. The van der Waals surface area contributed by atoms with Gasteiger partial charge < -0.3 is 11.1 Å². The van der Waals surface area contributed by atoms with Crippen molar-refractivity contribution in [2.75, 3.05) is 6.54 Å². The highest BCUT2D eigenvalue weighted by molar-refractivity contribution is 6.10. The molecule has 1 amide bonds. The number of Topliss-reactive ketones (excluding diaryl/α,β-unsaturated/α-hetero) is 1. The Morgan fingerprint density at radius 1 is 1.44 bits per heavy atom. The van der Waals surface area contributed by atoms with Crippen molar-refractivity contribution in [1.82, 2.24) is 5.32 Å². The molecule has 1 atom stereocenters. The van der Waals surface area contributed by atoms with Crippen LogP contribution in [0.4, 0.5) is 0 Å². The molecule has 1 unspecified atom stereocenters. The van der Waals surface area contributed by atoms with Gasteiger partial charge in [-0.05, 0) is 25.7 Å². The highest BCUT2D eigenvalue weighted by Gasteiger charge is 2.41. The van der Waals surface area contributed by atoms with E-state index in [9.17, 15) is 9.59 Å². The van der Waals surface area contributed by atoms with Crippen molar-refractivity contribution in [3.8, 4) is 0 Å². The predicted molar refractivity (Wildman–Crippen MR) is 62.9 cm³/mol. The first-order valence-corrected chi connectivity index (χ1v) is 6.21. The lowest BCUT2D eigenvalue weighted by molar-refractivity contribution is -0.135. The minimum Gasteiger partial charge on any atom is -0.354 e. The van der Waals surface area contributed by atoms with Crippen molar-refractivity contribution in [2.45, 2.75) is 57.4 Å². The summed E-state index contributed by atoms with van der Waals surface area (Å²) in [6, 6.07) is 0. The van der Waals surface area contributed by atoms with Crippen molar-refractivity contribution in [3.63, 3.8) is 0 Å². The van der Waals surface area contributed by atoms with E-state index in [4.69, 9.17) is 5.73 Å². The summed E-state index contributed by atoms with van der Waals surface area (Å²) in [5, 5.41) is 2.72. The molecule has 1 aliphatic rings. The second kappa shape index (κ2) is 5.99. The van der Waals surface area contributed by atoms with Crippen molar-refractivity contribution < 1.29 is 9.59 Å². The van der Waals surface area contributed by atoms with E-state index < -0.39 is 5.54 Å². The molecule has 0 saturated carbocycles. The zero-order valence-corrected chi connectivity index (χ0v) is 10.1. The standard InChI is InChI=1S/C12H22N2O2/c1-2-3-4-7-10(15)12(13)8-5-6-9-14-11(12)16/h2-9,13H2,1H3,(H,14,16). The minimum atomic E-state index is -1.26. The lowest BCUT2D eigenvalue weighted by Crippen LogP contribution is -2.58. The summed E-state index contributed by atoms with van der Waals surface area (Å²) in [6.45, 7) is 2.72. The van der Waals surface area contributed by atoms with Gasteiger partial charge in [0.15, 0.2) is 11.3 Å². The zero-order valence-electron chi connectivity index (χ0n) is 10.1. The smallest absolute Gasteiger partial charge is 0.247 e. The van der Waals surface area contributed by atoms with Gasteiger partial charge in [-0.25, -0.2) is 0 Å². The van der Waals surface area contributed by atoms with Gasteiger partial charge in [-0.3, -0.25) is 9.59 Å². The van der Waals surface area contributed by atoms with Crippen LogP contribution in [0.2, 0.25) is 0 Å². The summed E-state index contributed by atoms with van der Waals surface area (Å²) < 4.78 is 0. The molecule has 1 fully saturated rings. The fraction of sp³-hybridized carbons (Fsp3) is 0.833. The third-order valence-corrected chi connectivity index (χ3v) is 3.19. The quantitative estimate of drug-likeness (QED) is 0.545. The van der Waals surface area contributed by atoms with Crippen LogP contribution in [0.5, 0.6) is 0 Å². The molecule has 1 saturated heterocycles. The Morgan fingerprint density at radius 3 is 2.88 bits per heavy atom. The van der Waals surface area contributed by atoms with Crippen LogP contribution in [0.25, 0.3) is 0 Å². The molecule has 0 aromatic carbocycles. The van der Waals surface area contributed by atoms with Crippen LogP contribution in [0.15, 0.2) is 0 Å². The van der Waals surface area contributed by atoms with Crippen molar-refractivity contribution in [3.05, 3.63) is 0 Å². The zero-order chi connectivity index (χ0) is 12.0. The molecule has 0 radical (unpaired) electrons. The molecule has 0 bridgehead atoms. The highest BCUT2D eigenvalue weighted by Crippen LogP contribution is 2.19. The summed E-state index contributed by atoms with van der Waals surface area (Å²) in [5.74, 6) is -0.383. The summed E-state index contributed by atoms with van der Waals surface area (Å²) >= 11 is 0. The van der Waals surface area contributed by atoms with E-state index in [1.165, 1.54) is 0 Å². The highest BCUT2D eigenvalue weighted by atomic mass is 16.2. The SMILES string of the molecule is CCCCCC(=O)C1(N)CCCCNC1=O. The molecule has 0 spiro atoms. The van der Waals surface area contributed by atoms with Crippen LogP contribution in [-0.4, -0.2) is 23.8 Å². The Bertz CT molecular complexity index is 266. The molecule has 0 aromatic rings. The predicted octanol–water partition coefficient (Wildman–Crippen LogP) is 1.13. The molecule has 0 aromatic heterocycles. The van der Waals surface area contributed by atoms with Crippen LogP contribution < -0.4 is 11.1 Å². The lowest BCUT2D eigenvalue weighted by atomic mass is 9.86. The number of hydrogen-bond donors (Lipinski definition) is 2.